The molecule has 0 saturated heterocycles. The first-order valence-corrected chi connectivity index (χ1v) is 10.5. The summed E-state index contributed by atoms with van der Waals surface area (Å²) in [4.78, 5) is 0. The molecule has 2 aliphatic rings. The number of fused-ring (bicyclic) bond motifs is 1. The van der Waals surface area contributed by atoms with Crippen LogP contribution in [0.25, 0.3) is 0 Å². The van der Waals surface area contributed by atoms with Gasteiger partial charge in [0.2, 0.25) is 0 Å². The summed E-state index contributed by atoms with van der Waals surface area (Å²) < 4.78 is 5.19. The van der Waals surface area contributed by atoms with Crippen LogP contribution in [0.2, 0.25) is 0 Å². The fourth-order valence-electron chi connectivity index (χ4n) is 5.08. The van der Waals surface area contributed by atoms with Crippen molar-refractivity contribution in [3.63, 3.8) is 0 Å². The zero-order chi connectivity index (χ0) is 18.6. The highest BCUT2D eigenvalue weighted by molar-refractivity contribution is 5.45. The van der Waals surface area contributed by atoms with Gasteiger partial charge >= 0.3 is 0 Å². The van der Waals surface area contributed by atoms with Gasteiger partial charge in [-0.2, -0.15) is 0 Å². The minimum Gasteiger partial charge on any atom is -0.497 e. The third-order valence-electron chi connectivity index (χ3n) is 6.70. The maximum Gasteiger partial charge on any atom is 0.118 e. The molecule has 1 heteroatoms. The Kier molecular flexibility index (Phi) is 5.53. The topological polar surface area (TPSA) is 9.23 Å². The number of methoxy groups -OCH3 is 1. The molecule has 2 aromatic rings. The van der Waals surface area contributed by atoms with E-state index >= 15 is 0 Å². The van der Waals surface area contributed by atoms with Crippen LogP contribution in [0, 0.1) is 29.6 Å². The quantitative estimate of drug-likeness (QED) is 0.563. The van der Waals surface area contributed by atoms with Crippen LogP contribution in [0.5, 0.6) is 5.75 Å². The van der Waals surface area contributed by atoms with Gasteiger partial charge in [0, 0.05) is 11.1 Å². The third kappa shape index (κ3) is 4.38. The molecule has 0 spiro atoms. The largest absolute Gasteiger partial charge is 0.497 e. The van der Waals surface area contributed by atoms with Gasteiger partial charge in [0.25, 0.3) is 0 Å². The van der Waals surface area contributed by atoms with Crippen LogP contribution in [0.3, 0.4) is 0 Å². The van der Waals surface area contributed by atoms with Crippen molar-refractivity contribution < 1.29 is 4.74 Å². The lowest BCUT2D eigenvalue weighted by Gasteiger charge is -2.41. The van der Waals surface area contributed by atoms with Crippen LogP contribution in [-0.2, 0) is 0 Å². The van der Waals surface area contributed by atoms with Crippen LogP contribution < -0.4 is 4.74 Å². The average molecular weight is 359 g/mol. The Hall–Kier alpha value is -2.20. The molecule has 1 nitrogen and oxygen atoms in total. The third-order valence-corrected chi connectivity index (χ3v) is 6.70. The molecule has 2 aliphatic carbocycles. The van der Waals surface area contributed by atoms with E-state index in [0.29, 0.717) is 0 Å². The Bertz CT molecular complexity index is 806. The van der Waals surface area contributed by atoms with E-state index in [9.17, 15) is 0 Å². The maximum absolute atomic E-state index is 5.19. The van der Waals surface area contributed by atoms with E-state index in [1.54, 1.807) is 7.11 Å². The first-order chi connectivity index (χ1) is 13.2. The van der Waals surface area contributed by atoms with Crippen molar-refractivity contribution in [1.82, 2.24) is 0 Å². The molecule has 0 radical (unpaired) electrons. The normalized spacial score (nSPS) is 27.2. The summed E-state index contributed by atoms with van der Waals surface area (Å²) in [6.07, 6.45) is 8.55. The van der Waals surface area contributed by atoms with E-state index in [2.05, 4.69) is 43.0 Å². The van der Waals surface area contributed by atoms with E-state index in [-0.39, 0.29) is 0 Å². The molecule has 0 aromatic heterocycles. The van der Waals surface area contributed by atoms with Crippen LogP contribution in [0.15, 0.2) is 48.5 Å². The lowest BCUT2D eigenvalue weighted by atomic mass is 9.64. The minimum absolute atomic E-state index is 0.753. The Balaban J connectivity index is 1.40. The smallest absolute Gasteiger partial charge is 0.118 e. The summed E-state index contributed by atoms with van der Waals surface area (Å²) in [6.45, 7) is 2.44. The van der Waals surface area contributed by atoms with E-state index in [1.165, 1.54) is 44.1 Å². The van der Waals surface area contributed by atoms with Crippen molar-refractivity contribution in [2.24, 2.45) is 17.8 Å². The molecule has 0 aliphatic heterocycles. The number of ether oxygens (including phenoxy) is 1. The summed E-state index contributed by atoms with van der Waals surface area (Å²) in [5.41, 5.74) is 3.63. The first kappa shape index (κ1) is 18.2. The van der Waals surface area contributed by atoms with Crippen molar-refractivity contribution in [2.45, 2.75) is 51.4 Å². The molecule has 140 valence electrons. The summed E-state index contributed by atoms with van der Waals surface area (Å²) in [7, 11) is 1.68. The van der Waals surface area contributed by atoms with Gasteiger partial charge in [-0.05, 0) is 97.7 Å². The van der Waals surface area contributed by atoms with Gasteiger partial charge in [0.15, 0.2) is 0 Å². The highest BCUT2D eigenvalue weighted by Crippen LogP contribution is 2.47. The van der Waals surface area contributed by atoms with E-state index < -0.39 is 0 Å². The van der Waals surface area contributed by atoms with Gasteiger partial charge in [0.1, 0.15) is 5.75 Å². The Morgan fingerprint density at radius 2 is 1.33 bits per heavy atom. The summed E-state index contributed by atoms with van der Waals surface area (Å²) in [5.74, 6) is 11.1. The molecular weight excluding hydrogens is 328 g/mol. The van der Waals surface area contributed by atoms with Crippen molar-refractivity contribution in [3.8, 4) is 17.6 Å². The van der Waals surface area contributed by atoms with Gasteiger partial charge in [0.05, 0.1) is 7.11 Å². The molecule has 4 atom stereocenters. The van der Waals surface area contributed by atoms with Crippen LogP contribution in [-0.4, -0.2) is 7.11 Å². The molecule has 1 unspecified atom stereocenters. The van der Waals surface area contributed by atoms with Crippen molar-refractivity contribution in [3.05, 3.63) is 65.2 Å². The highest BCUT2D eigenvalue weighted by Gasteiger charge is 2.34. The standard InChI is InChI=1S/C26H30O/c1-19-3-10-25-18-24(14-13-23(25)17-19)22-11-6-20(7-12-22)4-5-21-8-15-26(27-2)16-9-21/h6-9,11-12,15-16,19,23-25H,3,10,13-14,17-18H2,1-2H3/t19?,23-,24-,25-/m1/s1. The number of benzene rings is 2. The second kappa shape index (κ2) is 8.22. The lowest BCUT2D eigenvalue weighted by molar-refractivity contribution is 0.124. The number of hydrogen-bond donors (Lipinski definition) is 0. The average Bonchev–Trinajstić information content (AvgIpc) is 2.72. The van der Waals surface area contributed by atoms with Gasteiger partial charge < -0.3 is 4.74 Å². The van der Waals surface area contributed by atoms with Gasteiger partial charge in [-0.15, -0.1) is 0 Å². The zero-order valence-electron chi connectivity index (χ0n) is 16.6. The van der Waals surface area contributed by atoms with Crippen molar-refractivity contribution in [1.29, 1.82) is 0 Å². The molecule has 0 N–H and O–H groups in total. The molecule has 27 heavy (non-hydrogen) atoms. The van der Waals surface area contributed by atoms with Crippen LogP contribution in [0.4, 0.5) is 0 Å². The van der Waals surface area contributed by atoms with Crippen molar-refractivity contribution >= 4 is 0 Å². The molecule has 2 saturated carbocycles. The van der Waals surface area contributed by atoms with Crippen LogP contribution in [0.1, 0.15) is 68.1 Å². The zero-order valence-corrected chi connectivity index (χ0v) is 16.6. The first-order valence-electron chi connectivity index (χ1n) is 10.5. The monoisotopic (exact) mass is 358 g/mol. The molecule has 0 heterocycles. The van der Waals surface area contributed by atoms with Gasteiger partial charge in [-0.1, -0.05) is 37.3 Å². The Morgan fingerprint density at radius 3 is 2.00 bits per heavy atom. The highest BCUT2D eigenvalue weighted by atomic mass is 16.5. The summed E-state index contributed by atoms with van der Waals surface area (Å²) in [5, 5.41) is 0. The second-order valence-electron chi connectivity index (χ2n) is 8.55. The second-order valence-corrected chi connectivity index (χ2v) is 8.55. The van der Waals surface area contributed by atoms with Gasteiger partial charge in [-0.25, -0.2) is 0 Å². The lowest BCUT2D eigenvalue weighted by Crippen LogP contribution is -2.29. The molecule has 4 rings (SSSR count). The maximum atomic E-state index is 5.19. The van der Waals surface area contributed by atoms with Gasteiger partial charge in [-0.3, -0.25) is 0 Å². The van der Waals surface area contributed by atoms with Crippen molar-refractivity contribution in [2.75, 3.05) is 7.11 Å². The molecule has 0 amide bonds. The summed E-state index contributed by atoms with van der Waals surface area (Å²) in [6, 6.07) is 16.9. The van der Waals surface area contributed by atoms with E-state index in [1.807, 2.05) is 24.3 Å². The SMILES string of the molecule is COc1ccc(C#Cc2ccc([C@@H]3CC[C@@H]4CC(C)CC[C@@H]4C3)cc2)cc1. The minimum atomic E-state index is 0.753. The Labute approximate surface area is 164 Å². The molecule has 2 fully saturated rings. The fraction of sp³-hybridized carbons (Fsp3) is 0.462. The fourth-order valence-corrected chi connectivity index (χ4v) is 5.08. The van der Waals surface area contributed by atoms with Crippen LogP contribution >= 0.6 is 0 Å². The predicted octanol–water partition coefficient (Wildman–Crippen LogP) is 6.41. The number of hydrogen-bond acceptors (Lipinski definition) is 1. The Morgan fingerprint density at radius 1 is 0.741 bits per heavy atom. The molecular formula is C26H30O. The number of rotatable bonds is 2. The summed E-state index contributed by atoms with van der Waals surface area (Å²) >= 11 is 0. The molecule has 2 aromatic carbocycles. The van der Waals surface area contributed by atoms with E-state index in [0.717, 1.165) is 40.5 Å². The molecule has 0 bridgehead atoms. The van der Waals surface area contributed by atoms with E-state index in [4.69, 9.17) is 4.74 Å². The predicted molar refractivity (Wildman–Crippen MR) is 112 cm³/mol.